The summed E-state index contributed by atoms with van der Waals surface area (Å²) in [5.74, 6) is -13.2. The van der Waals surface area contributed by atoms with Crippen LogP contribution in [0.2, 0.25) is 10.0 Å². The number of nitrogens with two attached hydrogens (primary N) is 1. The van der Waals surface area contributed by atoms with Gasteiger partial charge in [0.15, 0.2) is 23.0 Å². The standard InChI is InChI=1S/C73H78Cl2N10O17/c1-4-5-6-7-8-9-10-20-77-34-45-51(89)33-44-57(65(45)91)43-27-37(14-16-49(43)87)59-70(96)84-63(73(99)83-62(44)69(95)78-21-11-22-85(2)3)64(90)38-15-19-53(47(75)28-38)102-56-31-40-30-55(66(56)92)101-52-18-12-35(23-46(52)74)24-48-67(93)80-60(71(97)82-61(40)72(98)81-59)39-25-41(86)32-42(26-39)100-54-29-36(13-17-50(54)88)58(76)68(94)79-48/h12-19,23,25-33,48,58-64,77,86-92H,4-11,20-22,24,34,76H2,1-3H3,(H,78,95)(H,79,94)(H,80,93)(H,81,98)(H,82,97)(H,83,99)(H,84,96)/t48-,58-,59-,60+,61-,62+,63+,64-/m1/s1. The van der Waals surface area contributed by atoms with E-state index in [0.717, 1.165) is 81.3 Å². The van der Waals surface area contributed by atoms with Crippen LogP contribution in [-0.4, -0.2) is 128 Å². The number of hydrogen-bond donors (Lipinski definition) is 16. The Labute approximate surface area is 595 Å². The van der Waals surface area contributed by atoms with Gasteiger partial charge in [-0.1, -0.05) is 92.9 Å². The lowest BCUT2D eigenvalue weighted by Gasteiger charge is -2.32. The Morgan fingerprint density at radius 1 is 0.549 bits per heavy atom. The number of nitrogens with one attached hydrogen (secondary N) is 8. The lowest BCUT2D eigenvalue weighted by Crippen LogP contribution is -2.56. The van der Waals surface area contributed by atoms with Crippen molar-refractivity contribution >= 4 is 64.6 Å². The lowest BCUT2D eigenvalue weighted by molar-refractivity contribution is -0.137. The number of aliphatic hydroxyl groups excluding tert-OH is 1. The minimum Gasteiger partial charge on any atom is -0.508 e. The highest BCUT2D eigenvalue weighted by atomic mass is 35.5. The Morgan fingerprint density at radius 3 is 1.84 bits per heavy atom. The summed E-state index contributed by atoms with van der Waals surface area (Å²) in [5, 5.41) is 105. The maximum Gasteiger partial charge on any atom is 0.248 e. The highest BCUT2D eigenvalue weighted by Gasteiger charge is 2.42. The Hall–Kier alpha value is -10.6. The Kier molecular flexibility index (Phi) is 22.5. The van der Waals surface area contributed by atoms with Crippen LogP contribution in [0.5, 0.6) is 69.0 Å². The van der Waals surface area contributed by atoms with Crippen molar-refractivity contribution in [3.8, 4) is 80.1 Å². The lowest BCUT2D eigenvalue weighted by atomic mass is 9.87. The summed E-state index contributed by atoms with van der Waals surface area (Å²) in [6, 6.07) is 8.80. The van der Waals surface area contributed by atoms with Gasteiger partial charge >= 0.3 is 0 Å². The van der Waals surface area contributed by atoms with Gasteiger partial charge in [0.2, 0.25) is 47.1 Å². The maximum atomic E-state index is 16.1. The van der Waals surface area contributed by atoms with Crippen LogP contribution < -0.4 is 62.5 Å². The molecule has 7 amide bonds. The van der Waals surface area contributed by atoms with Gasteiger partial charge in [0.25, 0.3) is 0 Å². The van der Waals surface area contributed by atoms with Gasteiger partial charge < -0.3 is 103 Å². The van der Waals surface area contributed by atoms with Crippen LogP contribution in [0.3, 0.4) is 0 Å². The third-order valence-corrected chi connectivity index (χ3v) is 18.7. The SMILES string of the molecule is CCCCCCCCCNCc1c(O)cc2c(c1O)-c1cc(ccc1O)[C@H]1NC(=O)[C@@H]3NC(=O)[C@H]4NC(=O)[C@@H](Cc5ccc(c(Cl)c5)Oc5cc3cc(c5O)Oc3ccc(cc3Cl)[C@@H](O)[C@H](NC1=O)C(=O)N[C@@H]2C(=O)NCCCN(C)C)NC(=O)[C@H](N)c1ccc(O)c(c1)Oc1cc(O)cc4c1. The number of rotatable bonds is 15. The number of fused-ring (bicyclic) bond motifs is 14. The molecule has 0 aromatic heterocycles. The molecule has 27 nitrogen and oxygen atoms in total. The average molecular weight is 1440 g/mol. The summed E-state index contributed by atoms with van der Waals surface area (Å²) in [5.41, 5.74) is 5.09. The molecule has 8 atom stereocenters. The fourth-order valence-corrected chi connectivity index (χ4v) is 13.1. The van der Waals surface area contributed by atoms with Crippen molar-refractivity contribution in [2.24, 2.45) is 5.73 Å². The quantitative estimate of drug-likeness (QED) is 0.0435. The number of phenolic OH excluding ortho intramolecular Hbond substituents is 6. The number of halogens is 2. The summed E-state index contributed by atoms with van der Waals surface area (Å²) in [4.78, 5) is 109. The molecule has 0 unspecified atom stereocenters. The van der Waals surface area contributed by atoms with Crippen LogP contribution in [0.4, 0.5) is 0 Å². The van der Waals surface area contributed by atoms with E-state index in [2.05, 4.69) is 49.5 Å². The Morgan fingerprint density at radius 2 is 1.16 bits per heavy atom. The summed E-state index contributed by atoms with van der Waals surface area (Å²) >= 11 is 13.9. The van der Waals surface area contributed by atoms with Crippen molar-refractivity contribution in [3.05, 3.63) is 164 Å². The van der Waals surface area contributed by atoms with Crippen molar-refractivity contribution in [3.63, 3.8) is 0 Å². The van der Waals surface area contributed by atoms with E-state index >= 15 is 24.0 Å². The van der Waals surface area contributed by atoms with Crippen molar-refractivity contribution in [1.29, 1.82) is 0 Å². The van der Waals surface area contributed by atoms with E-state index in [0.29, 0.717) is 25.1 Å². The molecule has 0 saturated heterocycles. The summed E-state index contributed by atoms with van der Waals surface area (Å²) < 4.78 is 18.7. The molecule has 17 bridgehead atoms. The summed E-state index contributed by atoms with van der Waals surface area (Å²) in [7, 11) is 3.66. The van der Waals surface area contributed by atoms with Gasteiger partial charge in [0, 0.05) is 36.7 Å². The van der Waals surface area contributed by atoms with Gasteiger partial charge in [-0.3, -0.25) is 33.6 Å². The van der Waals surface area contributed by atoms with E-state index in [-0.39, 0.29) is 103 Å². The summed E-state index contributed by atoms with van der Waals surface area (Å²) in [6.45, 7) is 3.02. The largest absolute Gasteiger partial charge is 0.508 e. The molecule has 6 heterocycles. The second kappa shape index (κ2) is 31.6. The molecule has 0 spiro atoms. The van der Waals surface area contributed by atoms with E-state index in [9.17, 15) is 45.3 Å². The van der Waals surface area contributed by atoms with Gasteiger partial charge in [0.1, 0.15) is 88.6 Å². The third kappa shape index (κ3) is 16.3. The number of amides is 7. The molecule has 6 aliphatic rings. The van der Waals surface area contributed by atoms with Crippen LogP contribution in [-0.2, 0) is 46.5 Å². The second-order valence-corrected chi connectivity index (χ2v) is 26.6. The zero-order valence-corrected chi connectivity index (χ0v) is 57.2. The number of phenols is 6. The first-order valence-corrected chi connectivity index (χ1v) is 34.0. The van der Waals surface area contributed by atoms with Crippen molar-refractivity contribution in [2.45, 2.75) is 120 Å². The van der Waals surface area contributed by atoms with Gasteiger partial charge in [-0.15, -0.1) is 0 Å². The highest BCUT2D eigenvalue weighted by molar-refractivity contribution is 6.32. The molecular weight excluding hydrogens is 1360 g/mol. The van der Waals surface area contributed by atoms with E-state index in [1.165, 1.54) is 72.8 Å². The molecule has 0 radical (unpaired) electrons. The first-order chi connectivity index (χ1) is 48.8. The molecule has 0 aliphatic carbocycles. The highest BCUT2D eigenvalue weighted by Crippen LogP contribution is 2.49. The van der Waals surface area contributed by atoms with Crippen LogP contribution >= 0.6 is 23.2 Å². The average Bonchev–Trinajstić information content (AvgIpc) is 0.756. The number of carbonyl (C=O) groups is 7. The molecule has 6 aliphatic heterocycles. The molecule has 7 aromatic rings. The molecule has 536 valence electrons. The molecule has 0 saturated carbocycles. The molecule has 29 heteroatoms. The van der Waals surface area contributed by atoms with E-state index < -0.39 is 136 Å². The number of carbonyl (C=O) groups excluding carboxylic acids is 7. The van der Waals surface area contributed by atoms with Gasteiger partial charge in [-0.2, -0.15) is 0 Å². The molecular formula is C73H78Cl2N10O17. The fraction of sp³-hybridized carbons (Fsp3) is 0.329. The van der Waals surface area contributed by atoms with Gasteiger partial charge in [-0.05, 0) is 158 Å². The van der Waals surface area contributed by atoms with Gasteiger partial charge in [-0.25, -0.2) is 0 Å². The molecule has 102 heavy (non-hydrogen) atoms. The zero-order chi connectivity index (χ0) is 72.8. The molecule has 17 N–H and O–H groups in total. The predicted octanol–water partition coefficient (Wildman–Crippen LogP) is 7.81. The molecule has 7 aromatic carbocycles. The van der Waals surface area contributed by atoms with E-state index in [1.807, 2.05) is 19.0 Å². The smallest absolute Gasteiger partial charge is 0.248 e. The fourth-order valence-electron chi connectivity index (χ4n) is 12.6. The zero-order valence-electron chi connectivity index (χ0n) is 55.7. The minimum atomic E-state index is -2.16. The Bertz CT molecular complexity index is 4430. The topological polar surface area (TPSA) is 414 Å². The van der Waals surface area contributed by atoms with Gasteiger partial charge in [0.05, 0.1) is 15.6 Å². The number of ether oxygens (including phenoxy) is 3. The van der Waals surface area contributed by atoms with E-state index in [4.69, 9.17) is 43.1 Å². The predicted molar refractivity (Wildman–Crippen MR) is 373 cm³/mol. The van der Waals surface area contributed by atoms with Crippen molar-refractivity contribution in [1.82, 2.24) is 47.4 Å². The maximum absolute atomic E-state index is 16.1. The van der Waals surface area contributed by atoms with Crippen molar-refractivity contribution in [2.75, 3.05) is 33.7 Å². The second-order valence-electron chi connectivity index (χ2n) is 25.8. The summed E-state index contributed by atoms with van der Waals surface area (Å²) in [6.07, 6.45) is 5.04. The first-order valence-electron chi connectivity index (χ1n) is 33.3. The van der Waals surface area contributed by atoms with Crippen LogP contribution in [0, 0.1) is 0 Å². The number of aliphatic hydroxyl groups is 1. The van der Waals surface area contributed by atoms with Crippen LogP contribution in [0.25, 0.3) is 11.1 Å². The first kappa shape index (κ1) is 72.7. The minimum absolute atomic E-state index is 0.0483. The molecule has 0 fully saturated rings. The number of hydrogen-bond acceptors (Lipinski definition) is 20. The van der Waals surface area contributed by atoms with Crippen molar-refractivity contribution < 1.29 is 83.5 Å². The third-order valence-electron chi connectivity index (χ3n) is 18.1. The Balaban J connectivity index is 1.10. The number of aromatic hydroxyl groups is 6. The number of nitrogens with zero attached hydrogens (tertiary/aromatic N) is 1. The monoisotopic (exact) mass is 1440 g/mol. The number of benzene rings is 7. The molecule has 13 rings (SSSR count). The van der Waals surface area contributed by atoms with Crippen LogP contribution in [0.15, 0.2) is 109 Å². The number of unbranched alkanes of at least 4 members (excludes halogenated alkanes) is 6. The van der Waals surface area contributed by atoms with E-state index in [1.54, 1.807) is 0 Å². The van der Waals surface area contributed by atoms with Crippen LogP contribution in [0.1, 0.15) is 139 Å². The normalized spacial score (nSPS) is 20.4.